The van der Waals surface area contributed by atoms with Crippen LogP contribution in [0.25, 0.3) is 0 Å². The summed E-state index contributed by atoms with van der Waals surface area (Å²) in [5, 5.41) is 13.8. The van der Waals surface area contributed by atoms with Crippen LogP contribution in [-0.4, -0.2) is 23.5 Å². The van der Waals surface area contributed by atoms with Crippen LogP contribution < -0.4 is 11.1 Å². The Balaban J connectivity index is 2.50. The number of benzene rings is 1. The van der Waals surface area contributed by atoms with Crippen molar-refractivity contribution in [1.82, 2.24) is 0 Å². The second-order valence-corrected chi connectivity index (χ2v) is 4.68. The third-order valence-corrected chi connectivity index (χ3v) is 2.95. The first-order valence-corrected chi connectivity index (χ1v) is 6.80. The van der Waals surface area contributed by atoms with Crippen molar-refractivity contribution in [2.45, 2.75) is 12.8 Å². The molecule has 6 heteroatoms. The highest BCUT2D eigenvalue weighted by Crippen LogP contribution is 2.22. The lowest BCUT2D eigenvalue weighted by Crippen LogP contribution is -2.03. The molecule has 0 amide bonds. The maximum atomic E-state index is 10.6. The van der Waals surface area contributed by atoms with Gasteiger partial charge in [-0.2, -0.15) is 11.8 Å². The van der Waals surface area contributed by atoms with Crippen LogP contribution >= 0.6 is 11.8 Å². The SMILES string of the molecule is CSCCCCNc1cc(N)cc([N+](=O)[O-])c1. The lowest BCUT2D eigenvalue weighted by Gasteiger charge is -2.06. The van der Waals surface area contributed by atoms with Crippen molar-refractivity contribution in [1.29, 1.82) is 0 Å². The second-order valence-electron chi connectivity index (χ2n) is 3.70. The summed E-state index contributed by atoms with van der Waals surface area (Å²) < 4.78 is 0. The Kier molecular flexibility index (Phi) is 5.62. The number of nitro groups is 1. The van der Waals surface area contributed by atoms with Gasteiger partial charge in [0.2, 0.25) is 0 Å². The maximum absolute atomic E-state index is 10.6. The number of anilines is 2. The largest absolute Gasteiger partial charge is 0.398 e. The molecule has 1 aromatic rings. The number of hydrogen-bond acceptors (Lipinski definition) is 5. The highest BCUT2D eigenvalue weighted by Gasteiger charge is 2.07. The van der Waals surface area contributed by atoms with Crippen molar-refractivity contribution in [2.75, 3.05) is 29.6 Å². The predicted molar refractivity (Wildman–Crippen MR) is 73.6 cm³/mol. The van der Waals surface area contributed by atoms with E-state index in [1.54, 1.807) is 6.07 Å². The molecule has 3 N–H and O–H groups in total. The molecule has 1 rings (SSSR count). The lowest BCUT2D eigenvalue weighted by atomic mass is 10.2. The zero-order valence-corrected chi connectivity index (χ0v) is 10.6. The number of nitro benzene ring substituents is 1. The minimum atomic E-state index is -0.435. The van der Waals surface area contributed by atoms with E-state index in [-0.39, 0.29) is 5.69 Å². The number of thioether (sulfide) groups is 1. The molecule has 0 aliphatic heterocycles. The number of nitrogens with zero attached hydrogens (tertiary/aromatic N) is 1. The van der Waals surface area contributed by atoms with Gasteiger partial charge in [0.15, 0.2) is 0 Å². The van der Waals surface area contributed by atoms with E-state index >= 15 is 0 Å². The molecule has 0 aliphatic rings. The summed E-state index contributed by atoms with van der Waals surface area (Å²) in [5.41, 5.74) is 6.74. The van der Waals surface area contributed by atoms with E-state index in [0.717, 1.165) is 25.1 Å². The summed E-state index contributed by atoms with van der Waals surface area (Å²) in [4.78, 5) is 10.2. The molecular weight excluding hydrogens is 238 g/mol. The Hall–Kier alpha value is -1.43. The Morgan fingerprint density at radius 3 is 2.82 bits per heavy atom. The molecule has 1 aromatic carbocycles. The zero-order valence-electron chi connectivity index (χ0n) is 9.81. The lowest BCUT2D eigenvalue weighted by molar-refractivity contribution is -0.384. The molecule has 0 saturated heterocycles. The van der Waals surface area contributed by atoms with Crippen LogP contribution in [0.2, 0.25) is 0 Å². The average Bonchev–Trinajstić information content (AvgIpc) is 2.28. The van der Waals surface area contributed by atoms with Crippen molar-refractivity contribution in [3.05, 3.63) is 28.3 Å². The number of rotatable bonds is 7. The quantitative estimate of drug-likeness (QED) is 0.339. The molecule has 0 spiro atoms. The zero-order chi connectivity index (χ0) is 12.7. The summed E-state index contributed by atoms with van der Waals surface area (Å²) in [5.74, 6) is 1.14. The molecule has 5 nitrogen and oxygen atoms in total. The third kappa shape index (κ3) is 4.95. The van der Waals surface area contributed by atoms with Gasteiger partial charge in [-0.15, -0.1) is 0 Å². The van der Waals surface area contributed by atoms with E-state index in [9.17, 15) is 10.1 Å². The first kappa shape index (κ1) is 13.6. The van der Waals surface area contributed by atoms with Crippen LogP contribution in [-0.2, 0) is 0 Å². The number of nitrogens with one attached hydrogen (secondary N) is 1. The Morgan fingerprint density at radius 2 is 2.18 bits per heavy atom. The van der Waals surface area contributed by atoms with E-state index in [1.807, 2.05) is 11.8 Å². The molecule has 0 aromatic heterocycles. The van der Waals surface area contributed by atoms with E-state index in [4.69, 9.17) is 5.73 Å². The minimum Gasteiger partial charge on any atom is -0.398 e. The molecule has 17 heavy (non-hydrogen) atoms. The molecule has 0 radical (unpaired) electrons. The fraction of sp³-hybridized carbons (Fsp3) is 0.455. The fourth-order valence-electron chi connectivity index (χ4n) is 1.45. The van der Waals surface area contributed by atoms with Crippen molar-refractivity contribution >= 4 is 28.8 Å². The smallest absolute Gasteiger partial charge is 0.273 e. The molecular formula is C11H17N3O2S. The standard InChI is InChI=1S/C11H17N3O2S/c1-17-5-3-2-4-13-10-6-9(12)7-11(8-10)14(15)16/h6-8,13H,2-5,12H2,1H3. The van der Waals surface area contributed by atoms with Crippen molar-refractivity contribution < 1.29 is 4.92 Å². The van der Waals surface area contributed by atoms with Crippen molar-refractivity contribution in [2.24, 2.45) is 0 Å². The molecule has 0 atom stereocenters. The van der Waals surface area contributed by atoms with E-state index in [2.05, 4.69) is 11.6 Å². The van der Waals surface area contributed by atoms with Gasteiger partial charge in [-0.3, -0.25) is 10.1 Å². The molecule has 0 heterocycles. The van der Waals surface area contributed by atoms with Crippen molar-refractivity contribution in [3.8, 4) is 0 Å². The van der Waals surface area contributed by atoms with E-state index in [0.29, 0.717) is 11.4 Å². The van der Waals surface area contributed by atoms with Gasteiger partial charge in [-0.05, 0) is 30.9 Å². The van der Waals surface area contributed by atoms with Gasteiger partial charge in [0.1, 0.15) is 0 Å². The fourth-order valence-corrected chi connectivity index (χ4v) is 1.94. The van der Waals surface area contributed by atoms with Crippen LogP contribution in [0.3, 0.4) is 0 Å². The highest BCUT2D eigenvalue weighted by molar-refractivity contribution is 7.98. The summed E-state index contributed by atoms with van der Waals surface area (Å²) in [6.45, 7) is 0.807. The van der Waals surface area contributed by atoms with Gasteiger partial charge in [0.05, 0.1) is 4.92 Å². The number of nitrogen functional groups attached to an aromatic ring is 1. The van der Waals surface area contributed by atoms with Crippen LogP contribution in [0.1, 0.15) is 12.8 Å². The number of non-ortho nitro benzene ring substituents is 1. The summed E-state index contributed by atoms with van der Waals surface area (Å²) in [7, 11) is 0. The van der Waals surface area contributed by atoms with E-state index < -0.39 is 4.92 Å². The molecule has 0 fully saturated rings. The summed E-state index contributed by atoms with van der Waals surface area (Å²) in [6, 6.07) is 4.57. The van der Waals surface area contributed by atoms with Crippen molar-refractivity contribution in [3.63, 3.8) is 0 Å². The number of hydrogen-bond donors (Lipinski definition) is 2. The average molecular weight is 255 g/mol. The monoisotopic (exact) mass is 255 g/mol. The van der Waals surface area contributed by atoms with Gasteiger partial charge < -0.3 is 11.1 Å². The molecule has 0 bridgehead atoms. The van der Waals surface area contributed by atoms with Crippen LogP contribution in [0.15, 0.2) is 18.2 Å². The van der Waals surface area contributed by atoms with Crippen LogP contribution in [0, 0.1) is 10.1 Å². The molecule has 0 aliphatic carbocycles. The van der Waals surface area contributed by atoms with Gasteiger partial charge in [0.25, 0.3) is 5.69 Å². The molecule has 0 unspecified atom stereocenters. The summed E-state index contributed by atoms with van der Waals surface area (Å²) in [6.07, 6.45) is 4.26. The second kappa shape index (κ2) is 7.01. The summed E-state index contributed by atoms with van der Waals surface area (Å²) >= 11 is 1.82. The first-order chi connectivity index (χ1) is 8.13. The first-order valence-electron chi connectivity index (χ1n) is 5.41. The molecule has 0 saturated carbocycles. The minimum absolute atomic E-state index is 0.0246. The maximum Gasteiger partial charge on any atom is 0.273 e. The Labute approximate surface area is 105 Å². The number of unbranched alkanes of at least 4 members (excludes halogenated alkanes) is 1. The normalized spacial score (nSPS) is 10.2. The molecule has 94 valence electrons. The van der Waals surface area contributed by atoms with Gasteiger partial charge in [0, 0.05) is 30.1 Å². The van der Waals surface area contributed by atoms with Crippen LogP contribution in [0.4, 0.5) is 17.1 Å². The van der Waals surface area contributed by atoms with Crippen LogP contribution in [0.5, 0.6) is 0 Å². The van der Waals surface area contributed by atoms with Gasteiger partial charge in [-0.1, -0.05) is 0 Å². The topological polar surface area (TPSA) is 81.2 Å². The number of nitrogens with two attached hydrogens (primary N) is 1. The predicted octanol–water partition coefficient (Wildman–Crippen LogP) is 2.73. The Morgan fingerprint density at radius 1 is 1.41 bits per heavy atom. The van der Waals surface area contributed by atoms with Gasteiger partial charge >= 0.3 is 0 Å². The van der Waals surface area contributed by atoms with Gasteiger partial charge in [-0.25, -0.2) is 0 Å². The van der Waals surface area contributed by atoms with E-state index in [1.165, 1.54) is 12.1 Å². The Bertz CT molecular complexity index is 385. The highest BCUT2D eigenvalue weighted by atomic mass is 32.2. The third-order valence-electron chi connectivity index (χ3n) is 2.26.